The van der Waals surface area contributed by atoms with Crippen LogP contribution in [0.4, 0.5) is 4.39 Å². The number of halogens is 1. The van der Waals surface area contributed by atoms with Crippen LogP contribution in [0, 0.1) is 5.82 Å². The van der Waals surface area contributed by atoms with Crippen LogP contribution in [0.15, 0.2) is 24.3 Å². The van der Waals surface area contributed by atoms with Crippen LogP contribution in [0.25, 0.3) is 11.3 Å². The van der Waals surface area contributed by atoms with Gasteiger partial charge in [0, 0.05) is 35.7 Å². The molecule has 3 rings (SSSR count). The highest BCUT2D eigenvalue weighted by Gasteiger charge is 2.18. The first-order chi connectivity index (χ1) is 10.1. The van der Waals surface area contributed by atoms with E-state index in [1.165, 1.54) is 17.7 Å². The van der Waals surface area contributed by atoms with E-state index in [4.69, 9.17) is 9.97 Å². The lowest BCUT2D eigenvalue weighted by Gasteiger charge is -2.15. The molecular formula is C17H20FN3. The molecule has 1 aliphatic rings. The van der Waals surface area contributed by atoms with Crippen LogP contribution in [0.5, 0.6) is 0 Å². The minimum Gasteiger partial charge on any atom is -0.316 e. The molecule has 0 aliphatic carbocycles. The molecule has 1 aromatic carbocycles. The molecule has 3 nitrogen and oxygen atoms in total. The fourth-order valence-electron chi connectivity index (χ4n) is 2.67. The van der Waals surface area contributed by atoms with Crippen molar-refractivity contribution in [2.45, 2.75) is 32.6 Å². The Bertz CT molecular complexity index is 635. The topological polar surface area (TPSA) is 37.8 Å². The maximum Gasteiger partial charge on any atom is 0.131 e. The monoisotopic (exact) mass is 285 g/mol. The highest BCUT2D eigenvalue weighted by Crippen LogP contribution is 2.27. The average molecular weight is 285 g/mol. The molecule has 0 bridgehead atoms. The van der Waals surface area contributed by atoms with Gasteiger partial charge in [0.25, 0.3) is 0 Å². The Morgan fingerprint density at radius 1 is 1.05 bits per heavy atom. The van der Waals surface area contributed by atoms with Crippen molar-refractivity contribution >= 4 is 0 Å². The second-order valence-electron chi connectivity index (χ2n) is 5.77. The van der Waals surface area contributed by atoms with E-state index in [0.29, 0.717) is 0 Å². The van der Waals surface area contributed by atoms with Gasteiger partial charge in [-0.15, -0.1) is 0 Å². The van der Waals surface area contributed by atoms with E-state index >= 15 is 0 Å². The molecular weight excluding hydrogens is 265 g/mol. The first kappa shape index (κ1) is 14.1. The van der Waals surface area contributed by atoms with Crippen molar-refractivity contribution in [2.75, 3.05) is 13.1 Å². The van der Waals surface area contributed by atoms with E-state index < -0.39 is 0 Å². The summed E-state index contributed by atoms with van der Waals surface area (Å²) in [5.74, 6) is 0.935. The zero-order chi connectivity index (χ0) is 14.8. The molecule has 110 valence electrons. The summed E-state index contributed by atoms with van der Waals surface area (Å²) in [6.07, 6.45) is 1.84. The van der Waals surface area contributed by atoms with Crippen molar-refractivity contribution in [1.29, 1.82) is 0 Å². The molecule has 0 saturated carbocycles. The Labute approximate surface area is 124 Å². The van der Waals surface area contributed by atoms with Gasteiger partial charge in [0.2, 0.25) is 0 Å². The first-order valence-electron chi connectivity index (χ1n) is 7.51. The highest BCUT2D eigenvalue weighted by molar-refractivity contribution is 5.64. The minimum absolute atomic E-state index is 0.218. The SMILES string of the molecule is CC(C)c1nc2c(c(-c3ccc(F)cc3)n1)CCNCC2. The van der Waals surface area contributed by atoms with Crippen LogP contribution >= 0.6 is 0 Å². The van der Waals surface area contributed by atoms with Crippen LogP contribution in [0.3, 0.4) is 0 Å². The molecule has 0 amide bonds. The minimum atomic E-state index is -0.218. The summed E-state index contributed by atoms with van der Waals surface area (Å²) in [5.41, 5.74) is 4.28. The van der Waals surface area contributed by atoms with Crippen molar-refractivity contribution in [3.63, 3.8) is 0 Å². The summed E-state index contributed by atoms with van der Waals surface area (Å²) in [5, 5.41) is 3.40. The third-order valence-corrected chi connectivity index (χ3v) is 3.83. The van der Waals surface area contributed by atoms with Gasteiger partial charge in [-0.2, -0.15) is 0 Å². The number of fused-ring (bicyclic) bond motifs is 1. The van der Waals surface area contributed by atoms with Gasteiger partial charge < -0.3 is 5.32 Å². The van der Waals surface area contributed by atoms with Gasteiger partial charge in [-0.25, -0.2) is 14.4 Å². The zero-order valence-electron chi connectivity index (χ0n) is 12.5. The fraction of sp³-hybridized carbons (Fsp3) is 0.412. The normalized spacial score (nSPS) is 14.9. The van der Waals surface area contributed by atoms with E-state index in [1.54, 1.807) is 12.1 Å². The van der Waals surface area contributed by atoms with Gasteiger partial charge in [-0.05, 0) is 37.2 Å². The van der Waals surface area contributed by atoms with Crippen molar-refractivity contribution in [1.82, 2.24) is 15.3 Å². The second kappa shape index (κ2) is 5.90. The van der Waals surface area contributed by atoms with Gasteiger partial charge in [0.05, 0.1) is 5.69 Å². The molecule has 1 aromatic heterocycles. The number of hydrogen-bond acceptors (Lipinski definition) is 3. The highest BCUT2D eigenvalue weighted by atomic mass is 19.1. The molecule has 4 heteroatoms. The molecule has 2 heterocycles. The molecule has 2 aromatic rings. The summed E-state index contributed by atoms with van der Waals surface area (Å²) in [6.45, 7) is 6.09. The molecule has 0 unspecified atom stereocenters. The fourth-order valence-corrected chi connectivity index (χ4v) is 2.67. The van der Waals surface area contributed by atoms with Crippen molar-refractivity contribution in [3.05, 3.63) is 47.2 Å². The standard InChI is InChI=1S/C17H20FN3/c1-11(2)17-20-15-8-10-19-9-7-14(15)16(21-17)12-3-5-13(18)6-4-12/h3-6,11,19H,7-10H2,1-2H3. The maximum atomic E-state index is 13.2. The number of nitrogens with one attached hydrogen (secondary N) is 1. The Kier molecular flexibility index (Phi) is 3.97. The molecule has 21 heavy (non-hydrogen) atoms. The quantitative estimate of drug-likeness (QED) is 0.921. The Balaban J connectivity index is 2.16. The lowest BCUT2D eigenvalue weighted by atomic mass is 10.00. The summed E-state index contributed by atoms with van der Waals surface area (Å²) in [4.78, 5) is 9.52. The van der Waals surface area contributed by atoms with E-state index in [0.717, 1.165) is 48.7 Å². The number of hydrogen-bond donors (Lipinski definition) is 1. The third kappa shape index (κ3) is 2.95. The molecule has 0 fully saturated rings. The smallest absolute Gasteiger partial charge is 0.131 e. The number of nitrogens with zero attached hydrogens (tertiary/aromatic N) is 2. The van der Waals surface area contributed by atoms with Gasteiger partial charge in [0.1, 0.15) is 11.6 Å². The average Bonchev–Trinajstić information content (AvgIpc) is 2.72. The number of aromatic nitrogens is 2. The van der Waals surface area contributed by atoms with Gasteiger partial charge in [0.15, 0.2) is 0 Å². The Morgan fingerprint density at radius 2 is 1.76 bits per heavy atom. The van der Waals surface area contributed by atoms with Crippen LogP contribution in [-0.2, 0) is 12.8 Å². The van der Waals surface area contributed by atoms with E-state index in [9.17, 15) is 4.39 Å². The Hall–Kier alpha value is -1.81. The Morgan fingerprint density at radius 3 is 2.48 bits per heavy atom. The molecule has 0 radical (unpaired) electrons. The summed E-state index contributed by atoms with van der Waals surface area (Å²) >= 11 is 0. The maximum absolute atomic E-state index is 13.2. The summed E-state index contributed by atoms with van der Waals surface area (Å²) in [6, 6.07) is 6.60. The molecule has 1 N–H and O–H groups in total. The van der Waals surface area contributed by atoms with Crippen molar-refractivity contribution in [2.24, 2.45) is 0 Å². The zero-order valence-corrected chi connectivity index (χ0v) is 12.5. The summed E-state index contributed by atoms with van der Waals surface area (Å²) in [7, 11) is 0. The third-order valence-electron chi connectivity index (χ3n) is 3.83. The summed E-state index contributed by atoms with van der Waals surface area (Å²) < 4.78 is 13.2. The van der Waals surface area contributed by atoms with E-state index in [-0.39, 0.29) is 11.7 Å². The van der Waals surface area contributed by atoms with Crippen molar-refractivity contribution in [3.8, 4) is 11.3 Å². The molecule has 0 saturated heterocycles. The van der Waals surface area contributed by atoms with Gasteiger partial charge in [-0.1, -0.05) is 13.8 Å². The van der Waals surface area contributed by atoms with Crippen LogP contribution in [0.1, 0.15) is 36.8 Å². The van der Waals surface area contributed by atoms with Crippen molar-refractivity contribution < 1.29 is 4.39 Å². The van der Waals surface area contributed by atoms with Crippen LogP contribution in [0.2, 0.25) is 0 Å². The lowest BCUT2D eigenvalue weighted by molar-refractivity contribution is 0.628. The number of benzene rings is 1. The predicted molar refractivity (Wildman–Crippen MR) is 81.8 cm³/mol. The van der Waals surface area contributed by atoms with E-state index in [1.807, 2.05) is 0 Å². The van der Waals surface area contributed by atoms with Gasteiger partial charge >= 0.3 is 0 Å². The lowest BCUT2D eigenvalue weighted by Crippen LogP contribution is -2.16. The number of rotatable bonds is 2. The molecule has 0 atom stereocenters. The predicted octanol–water partition coefficient (Wildman–Crippen LogP) is 3.09. The van der Waals surface area contributed by atoms with Crippen LogP contribution in [-0.4, -0.2) is 23.1 Å². The largest absolute Gasteiger partial charge is 0.316 e. The molecule has 1 aliphatic heterocycles. The van der Waals surface area contributed by atoms with Crippen LogP contribution < -0.4 is 5.32 Å². The van der Waals surface area contributed by atoms with E-state index in [2.05, 4.69) is 19.2 Å². The second-order valence-corrected chi connectivity index (χ2v) is 5.77. The molecule has 0 spiro atoms. The first-order valence-corrected chi connectivity index (χ1v) is 7.51. The van der Waals surface area contributed by atoms with Gasteiger partial charge in [-0.3, -0.25) is 0 Å².